The lowest BCUT2D eigenvalue weighted by molar-refractivity contribution is 0.154. The predicted molar refractivity (Wildman–Crippen MR) is 59.0 cm³/mol. The van der Waals surface area contributed by atoms with E-state index in [1.165, 1.54) is 45.2 Å². The molecule has 1 saturated carbocycles. The van der Waals surface area contributed by atoms with Crippen LogP contribution in [0.5, 0.6) is 0 Å². The molecule has 0 bridgehead atoms. The van der Waals surface area contributed by atoms with Crippen molar-refractivity contribution in [3.63, 3.8) is 0 Å². The summed E-state index contributed by atoms with van der Waals surface area (Å²) >= 11 is 0. The highest BCUT2D eigenvalue weighted by atomic mass is 15.2. The SMILES string of the molecule is CCC.C[C@@H]1CCN(C2CCC2)C1. The van der Waals surface area contributed by atoms with E-state index < -0.39 is 0 Å². The average Bonchev–Trinajstić information content (AvgIpc) is 2.34. The number of likely N-dealkylation sites (tertiary alicyclic amines) is 1. The highest BCUT2D eigenvalue weighted by Gasteiger charge is 2.29. The second kappa shape index (κ2) is 5.64. The Morgan fingerprint density at radius 1 is 1.15 bits per heavy atom. The molecular weight excluding hydrogens is 158 g/mol. The Bertz CT molecular complexity index is 129. The third-order valence-electron chi connectivity index (χ3n) is 3.05. The summed E-state index contributed by atoms with van der Waals surface area (Å²) in [6.07, 6.45) is 7.13. The van der Waals surface area contributed by atoms with Gasteiger partial charge in [-0.2, -0.15) is 0 Å². The first-order valence-electron chi connectivity index (χ1n) is 6.02. The van der Waals surface area contributed by atoms with E-state index in [-0.39, 0.29) is 0 Å². The molecule has 2 rings (SSSR count). The van der Waals surface area contributed by atoms with Crippen molar-refractivity contribution >= 4 is 0 Å². The fourth-order valence-corrected chi connectivity index (χ4v) is 2.05. The average molecular weight is 183 g/mol. The van der Waals surface area contributed by atoms with Gasteiger partial charge in [0.25, 0.3) is 0 Å². The van der Waals surface area contributed by atoms with Crippen molar-refractivity contribution < 1.29 is 0 Å². The van der Waals surface area contributed by atoms with Crippen LogP contribution in [-0.4, -0.2) is 24.0 Å². The Morgan fingerprint density at radius 2 is 1.77 bits per heavy atom. The van der Waals surface area contributed by atoms with Gasteiger partial charge in [-0.1, -0.05) is 33.6 Å². The van der Waals surface area contributed by atoms with E-state index in [2.05, 4.69) is 25.7 Å². The molecule has 0 N–H and O–H groups in total. The zero-order valence-electron chi connectivity index (χ0n) is 9.55. The summed E-state index contributed by atoms with van der Waals surface area (Å²) in [7, 11) is 0. The Hall–Kier alpha value is -0.0400. The number of hydrogen-bond acceptors (Lipinski definition) is 1. The van der Waals surface area contributed by atoms with Crippen LogP contribution in [-0.2, 0) is 0 Å². The van der Waals surface area contributed by atoms with E-state index in [0.29, 0.717) is 0 Å². The number of nitrogens with zero attached hydrogens (tertiary/aromatic N) is 1. The van der Waals surface area contributed by atoms with Crippen molar-refractivity contribution in [2.45, 2.75) is 58.9 Å². The molecule has 78 valence electrons. The zero-order chi connectivity index (χ0) is 9.68. The molecule has 1 nitrogen and oxygen atoms in total. The van der Waals surface area contributed by atoms with Gasteiger partial charge < -0.3 is 4.90 Å². The van der Waals surface area contributed by atoms with Gasteiger partial charge in [0.2, 0.25) is 0 Å². The maximum Gasteiger partial charge on any atom is 0.00953 e. The smallest absolute Gasteiger partial charge is 0.00953 e. The minimum absolute atomic E-state index is 0.973. The van der Waals surface area contributed by atoms with Gasteiger partial charge in [-0.3, -0.25) is 0 Å². The molecule has 0 radical (unpaired) electrons. The Labute approximate surface area is 83.5 Å². The maximum absolute atomic E-state index is 2.69. The van der Waals surface area contributed by atoms with E-state index in [1.807, 2.05) is 0 Å². The van der Waals surface area contributed by atoms with Crippen molar-refractivity contribution in [1.82, 2.24) is 4.90 Å². The molecular formula is C12H25N. The minimum atomic E-state index is 0.973. The molecule has 13 heavy (non-hydrogen) atoms. The predicted octanol–water partition coefficient (Wildman–Crippen LogP) is 3.30. The van der Waals surface area contributed by atoms with E-state index >= 15 is 0 Å². The maximum atomic E-state index is 2.69. The van der Waals surface area contributed by atoms with Crippen molar-refractivity contribution in [2.24, 2.45) is 5.92 Å². The molecule has 1 saturated heterocycles. The molecule has 2 fully saturated rings. The van der Waals surface area contributed by atoms with Gasteiger partial charge in [0.1, 0.15) is 0 Å². The van der Waals surface area contributed by atoms with E-state index in [4.69, 9.17) is 0 Å². The van der Waals surface area contributed by atoms with Gasteiger partial charge in [0.05, 0.1) is 0 Å². The second-order valence-electron chi connectivity index (χ2n) is 4.68. The van der Waals surface area contributed by atoms with Gasteiger partial charge >= 0.3 is 0 Å². The van der Waals surface area contributed by atoms with E-state index in [0.717, 1.165) is 12.0 Å². The van der Waals surface area contributed by atoms with Gasteiger partial charge in [0.15, 0.2) is 0 Å². The van der Waals surface area contributed by atoms with Crippen molar-refractivity contribution in [2.75, 3.05) is 13.1 Å². The summed E-state index contributed by atoms with van der Waals surface area (Å²) in [4.78, 5) is 2.69. The molecule has 2 aliphatic rings. The lowest BCUT2D eigenvalue weighted by Gasteiger charge is -2.34. The van der Waals surface area contributed by atoms with Gasteiger partial charge in [-0.15, -0.1) is 0 Å². The monoisotopic (exact) mass is 183 g/mol. The van der Waals surface area contributed by atoms with Crippen molar-refractivity contribution in [3.05, 3.63) is 0 Å². The van der Waals surface area contributed by atoms with E-state index in [1.54, 1.807) is 0 Å². The van der Waals surface area contributed by atoms with Crippen LogP contribution in [0.1, 0.15) is 52.9 Å². The van der Waals surface area contributed by atoms with Crippen LogP contribution in [0.2, 0.25) is 0 Å². The molecule has 1 atom stereocenters. The lowest BCUT2D eigenvalue weighted by atomic mass is 9.92. The summed E-state index contributed by atoms with van der Waals surface area (Å²) in [5, 5.41) is 0. The first-order valence-corrected chi connectivity index (χ1v) is 6.02. The highest BCUT2D eigenvalue weighted by Crippen LogP contribution is 2.29. The fourth-order valence-electron chi connectivity index (χ4n) is 2.05. The number of rotatable bonds is 1. The molecule has 0 amide bonds. The van der Waals surface area contributed by atoms with Crippen molar-refractivity contribution in [3.8, 4) is 0 Å². The molecule has 1 aliphatic heterocycles. The van der Waals surface area contributed by atoms with Crippen LogP contribution in [0.15, 0.2) is 0 Å². The van der Waals surface area contributed by atoms with Crippen LogP contribution >= 0.6 is 0 Å². The highest BCUT2D eigenvalue weighted by molar-refractivity contribution is 4.84. The third-order valence-corrected chi connectivity index (χ3v) is 3.05. The lowest BCUT2D eigenvalue weighted by Crippen LogP contribution is -2.38. The molecule has 0 aromatic heterocycles. The molecule has 0 spiro atoms. The van der Waals surface area contributed by atoms with E-state index in [9.17, 15) is 0 Å². The summed E-state index contributed by atoms with van der Waals surface area (Å²) in [5.41, 5.74) is 0. The molecule has 1 heterocycles. The van der Waals surface area contributed by atoms with Crippen LogP contribution < -0.4 is 0 Å². The standard InChI is InChI=1S/C9H17N.C3H8/c1-8-5-6-10(7-8)9-3-2-4-9;1-3-2/h8-9H,2-7H2,1H3;3H2,1-2H3/t8-;/m1./s1. The van der Waals surface area contributed by atoms with Gasteiger partial charge in [0, 0.05) is 12.6 Å². The summed E-state index contributed by atoms with van der Waals surface area (Å²) in [6.45, 7) is 9.38. The molecule has 1 aliphatic carbocycles. The molecule has 0 aromatic rings. The second-order valence-corrected chi connectivity index (χ2v) is 4.68. The first-order chi connectivity index (χ1) is 6.27. The fraction of sp³-hybridized carbons (Fsp3) is 1.00. The quantitative estimate of drug-likeness (QED) is 0.603. The van der Waals surface area contributed by atoms with Crippen LogP contribution in [0.4, 0.5) is 0 Å². The largest absolute Gasteiger partial charge is 0.300 e. The third kappa shape index (κ3) is 3.30. The summed E-state index contributed by atoms with van der Waals surface area (Å²) < 4.78 is 0. The summed E-state index contributed by atoms with van der Waals surface area (Å²) in [6, 6.07) is 0.991. The first kappa shape index (κ1) is 11.0. The molecule has 0 aromatic carbocycles. The van der Waals surface area contributed by atoms with Crippen LogP contribution in [0.25, 0.3) is 0 Å². The topological polar surface area (TPSA) is 3.24 Å². The molecule has 0 unspecified atom stereocenters. The Kier molecular flexibility index (Phi) is 4.79. The number of hydrogen-bond donors (Lipinski definition) is 0. The van der Waals surface area contributed by atoms with Crippen LogP contribution in [0.3, 0.4) is 0 Å². The van der Waals surface area contributed by atoms with Crippen molar-refractivity contribution in [1.29, 1.82) is 0 Å². The normalized spacial score (nSPS) is 29.3. The molecule has 1 heteroatoms. The van der Waals surface area contributed by atoms with Gasteiger partial charge in [-0.25, -0.2) is 0 Å². The van der Waals surface area contributed by atoms with Crippen LogP contribution in [0, 0.1) is 5.92 Å². The zero-order valence-corrected chi connectivity index (χ0v) is 9.55. The van der Waals surface area contributed by atoms with Gasteiger partial charge in [-0.05, 0) is 31.7 Å². The summed E-state index contributed by atoms with van der Waals surface area (Å²) in [5.74, 6) is 0.973. The minimum Gasteiger partial charge on any atom is -0.300 e. The Balaban J connectivity index is 0.000000251. The Morgan fingerprint density at radius 3 is 2.08 bits per heavy atom.